The maximum atomic E-state index is 12.0. The fourth-order valence-corrected chi connectivity index (χ4v) is 2.78. The van der Waals surface area contributed by atoms with Crippen LogP contribution < -0.4 is 11.0 Å². The van der Waals surface area contributed by atoms with Crippen molar-refractivity contribution >= 4 is 5.65 Å². The predicted octanol–water partition coefficient (Wildman–Crippen LogP) is 1.42. The summed E-state index contributed by atoms with van der Waals surface area (Å²) in [5.74, 6) is 0. The van der Waals surface area contributed by atoms with Crippen LogP contribution in [0.1, 0.15) is 32.1 Å². The molecule has 1 saturated carbocycles. The third-order valence-electron chi connectivity index (χ3n) is 3.82. The number of nitrogens with zero attached hydrogens (tertiary/aromatic N) is 3. The smallest absolute Gasteiger partial charge is 0.314 e. The molecule has 0 radical (unpaired) electrons. The molecule has 2 heterocycles. The van der Waals surface area contributed by atoms with Crippen LogP contribution in [0.15, 0.2) is 29.2 Å². The average molecular weight is 260 g/mol. The summed E-state index contributed by atoms with van der Waals surface area (Å²) >= 11 is 0. The second kappa shape index (κ2) is 5.57. The van der Waals surface area contributed by atoms with E-state index < -0.39 is 0 Å². The number of rotatable bonds is 5. The van der Waals surface area contributed by atoms with Crippen molar-refractivity contribution < 1.29 is 0 Å². The van der Waals surface area contributed by atoms with Gasteiger partial charge in [0, 0.05) is 18.8 Å². The maximum Gasteiger partial charge on any atom is 0.350 e. The van der Waals surface area contributed by atoms with Gasteiger partial charge in [0.1, 0.15) is 0 Å². The van der Waals surface area contributed by atoms with Gasteiger partial charge in [-0.05, 0) is 37.9 Å². The van der Waals surface area contributed by atoms with E-state index in [1.165, 1.54) is 25.7 Å². The molecule has 1 aliphatic rings. The van der Waals surface area contributed by atoms with Gasteiger partial charge in [-0.25, -0.2) is 9.48 Å². The number of hydrogen-bond acceptors (Lipinski definition) is 3. The van der Waals surface area contributed by atoms with Crippen LogP contribution in [0.5, 0.6) is 0 Å². The summed E-state index contributed by atoms with van der Waals surface area (Å²) in [4.78, 5) is 12.0. The molecule has 3 rings (SSSR count). The normalized spacial score (nSPS) is 16.4. The van der Waals surface area contributed by atoms with Gasteiger partial charge >= 0.3 is 5.69 Å². The Bertz CT molecular complexity index is 595. The first-order chi connectivity index (χ1) is 9.34. The zero-order valence-electron chi connectivity index (χ0n) is 11.1. The van der Waals surface area contributed by atoms with Gasteiger partial charge < -0.3 is 5.32 Å². The molecule has 1 aliphatic carbocycles. The van der Waals surface area contributed by atoms with Crippen molar-refractivity contribution in [2.45, 2.75) is 44.7 Å². The molecule has 2 aromatic rings. The molecule has 19 heavy (non-hydrogen) atoms. The van der Waals surface area contributed by atoms with Gasteiger partial charge in [-0.3, -0.25) is 4.40 Å². The van der Waals surface area contributed by atoms with Crippen molar-refractivity contribution in [2.75, 3.05) is 6.54 Å². The van der Waals surface area contributed by atoms with Gasteiger partial charge in [-0.2, -0.15) is 0 Å². The molecule has 0 saturated heterocycles. The minimum absolute atomic E-state index is 0.0449. The van der Waals surface area contributed by atoms with Crippen molar-refractivity contribution in [3.63, 3.8) is 0 Å². The van der Waals surface area contributed by atoms with Crippen LogP contribution in [0.3, 0.4) is 0 Å². The summed E-state index contributed by atoms with van der Waals surface area (Å²) in [6.45, 7) is 1.64. The van der Waals surface area contributed by atoms with Gasteiger partial charge in [0.15, 0.2) is 5.65 Å². The quantitative estimate of drug-likeness (QED) is 0.827. The van der Waals surface area contributed by atoms with Crippen molar-refractivity contribution in [1.82, 2.24) is 19.5 Å². The van der Waals surface area contributed by atoms with E-state index in [9.17, 15) is 4.79 Å². The van der Waals surface area contributed by atoms with E-state index >= 15 is 0 Å². The number of nitrogens with one attached hydrogen (secondary N) is 1. The zero-order valence-corrected chi connectivity index (χ0v) is 11.1. The van der Waals surface area contributed by atoms with Crippen molar-refractivity contribution in [3.05, 3.63) is 34.9 Å². The van der Waals surface area contributed by atoms with Crippen molar-refractivity contribution in [3.8, 4) is 0 Å². The van der Waals surface area contributed by atoms with Crippen LogP contribution in [-0.2, 0) is 6.54 Å². The van der Waals surface area contributed by atoms with E-state index in [-0.39, 0.29) is 5.69 Å². The molecular weight excluding hydrogens is 240 g/mol. The Morgan fingerprint density at radius 2 is 2.16 bits per heavy atom. The molecule has 1 N–H and O–H groups in total. The molecule has 0 atom stereocenters. The highest BCUT2D eigenvalue weighted by Gasteiger charge is 2.13. The second-order valence-electron chi connectivity index (χ2n) is 5.22. The minimum atomic E-state index is -0.0449. The van der Waals surface area contributed by atoms with Crippen molar-refractivity contribution in [2.24, 2.45) is 0 Å². The fourth-order valence-electron chi connectivity index (χ4n) is 2.78. The monoisotopic (exact) mass is 260 g/mol. The van der Waals surface area contributed by atoms with Gasteiger partial charge in [0.2, 0.25) is 0 Å². The third-order valence-corrected chi connectivity index (χ3v) is 3.82. The molecule has 5 heteroatoms. The van der Waals surface area contributed by atoms with Gasteiger partial charge in [0.25, 0.3) is 0 Å². The fraction of sp³-hybridized carbons (Fsp3) is 0.571. The van der Waals surface area contributed by atoms with Crippen LogP contribution >= 0.6 is 0 Å². The highest BCUT2D eigenvalue weighted by Crippen LogP contribution is 2.17. The summed E-state index contributed by atoms with van der Waals surface area (Å²) in [5.41, 5.74) is 0.674. The lowest BCUT2D eigenvalue weighted by Gasteiger charge is -2.10. The Balaban J connectivity index is 1.56. The van der Waals surface area contributed by atoms with Crippen LogP contribution in [-0.4, -0.2) is 26.8 Å². The molecule has 102 valence electrons. The lowest BCUT2D eigenvalue weighted by Crippen LogP contribution is -2.29. The maximum absolute atomic E-state index is 12.0. The molecule has 0 aromatic carbocycles. The van der Waals surface area contributed by atoms with Crippen LogP contribution in [0, 0.1) is 0 Å². The topological polar surface area (TPSA) is 51.3 Å². The Labute approximate surface area is 112 Å². The molecule has 0 aliphatic heterocycles. The lowest BCUT2D eigenvalue weighted by atomic mass is 10.2. The van der Waals surface area contributed by atoms with E-state index in [2.05, 4.69) is 10.4 Å². The first-order valence-corrected chi connectivity index (χ1v) is 7.12. The molecular formula is C14H20N4O. The standard InChI is InChI=1S/C14H20N4O/c19-14-17-10-4-3-8-13(17)16-18(14)11-5-9-15-12-6-1-2-7-12/h3-4,8,10,12,15H,1-2,5-7,9,11H2. The Hall–Kier alpha value is -1.62. The second-order valence-corrected chi connectivity index (χ2v) is 5.22. The lowest BCUT2D eigenvalue weighted by molar-refractivity contribution is 0.478. The Morgan fingerprint density at radius 1 is 1.32 bits per heavy atom. The summed E-state index contributed by atoms with van der Waals surface area (Å²) in [7, 11) is 0. The Morgan fingerprint density at radius 3 is 2.95 bits per heavy atom. The molecule has 1 fully saturated rings. The SMILES string of the molecule is O=c1n(CCCNC2CCCC2)nc2ccccn12. The predicted molar refractivity (Wildman–Crippen MR) is 74.3 cm³/mol. The summed E-state index contributed by atoms with van der Waals surface area (Å²) < 4.78 is 3.15. The third kappa shape index (κ3) is 2.71. The molecule has 5 nitrogen and oxygen atoms in total. The van der Waals surface area contributed by atoms with E-state index in [0.717, 1.165) is 18.6 Å². The van der Waals surface area contributed by atoms with E-state index in [4.69, 9.17) is 0 Å². The molecule has 0 unspecified atom stereocenters. The summed E-state index contributed by atoms with van der Waals surface area (Å²) in [5, 5.41) is 7.88. The minimum Gasteiger partial charge on any atom is -0.314 e. The first kappa shape index (κ1) is 12.4. The molecule has 0 bridgehead atoms. The summed E-state index contributed by atoms with van der Waals surface area (Å²) in [6, 6.07) is 6.29. The Kier molecular flexibility index (Phi) is 3.64. The van der Waals surface area contributed by atoms with Crippen LogP contribution in [0.4, 0.5) is 0 Å². The van der Waals surface area contributed by atoms with Gasteiger partial charge in [-0.1, -0.05) is 18.9 Å². The number of pyridine rings is 1. The van der Waals surface area contributed by atoms with Crippen molar-refractivity contribution in [1.29, 1.82) is 0 Å². The van der Waals surface area contributed by atoms with Gasteiger partial charge in [0.05, 0.1) is 0 Å². The largest absolute Gasteiger partial charge is 0.350 e. The highest BCUT2D eigenvalue weighted by molar-refractivity contribution is 5.35. The highest BCUT2D eigenvalue weighted by atomic mass is 16.2. The molecule has 0 spiro atoms. The van der Waals surface area contributed by atoms with E-state index in [0.29, 0.717) is 12.6 Å². The number of hydrogen-bond donors (Lipinski definition) is 1. The first-order valence-electron chi connectivity index (χ1n) is 7.12. The summed E-state index contributed by atoms with van der Waals surface area (Å²) in [6.07, 6.45) is 8.01. The number of aryl methyl sites for hydroxylation is 1. The zero-order chi connectivity index (χ0) is 13.1. The number of aromatic nitrogens is 3. The average Bonchev–Trinajstić information content (AvgIpc) is 3.04. The van der Waals surface area contributed by atoms with E-state index in [1.54, 1.807) is 15.3 Å². The van der Waals surface area contributed by atoms with Crippen LogP contribution in [0.2, 0.25) is 0 Å². The van der Waals surface area contributed by atoms with Crippen LogP contribution in [0.25, 0.3) is 5.65 Å². The molecule has 0 amide bonds. The number of fused-ring (bicyclic) bond motifs is 1. The molecule has 2 aromatic heterocycles. The van der Waals surface area contributed by atoms with E-state index in [1.807, 2.05) is 18.2 Å². The van der Waals surface area contributed by atoms with Gasteiger partial charge in [-0.15, -0.1) is 5.10 Å².